The van der Waals surface area contributed by atoms with Crippen LogP contribution in [0.1, 0.15) is 89.7 Å². The number of carbonyl (C=O) groups is 1. The molecule has 368 valence electrons. The molecule has 1 amide bonds. The highest BCUT2D eigenvalue weighted by atomic mass is 19.1. The molecule has 0 radical (unpaired) electrons. The third-order valence-electron chi connectivity index (χ3n) is 15.4. The summed E-state index contributed by atoms with van der Waals surface area (Å²) in [5.74, 6) is -0.864. The Hall–Kier alpha value is -6.96. The van der Waals surface area contributed by atoms with Crippen molar-refractivity contribution in [3.8, 4) is 17.2 Å². The molecule has 8 aromatic rings. The van der Waals surface area contributed by atoms with Gasteiger partial charge >= 0.3 is 11.4 Å². The van der Waals surface area contributed by atoms with Crippen molar-refractivity contribution >= 4 is 27.7 Å². The quantitative estimate of drug-likeness (QED) is 0.164. The number of likely N-dealkylation sites (N-methyl/N-ethyl adjacent to an activating group) is 1. The molecule has 0 spiro atoms. The molecule has 71 heavy (non-hydrogen) atoms. The summed E-state index contributed by atoms with van der Waals surface area (Å²) < 4.78 is 51.0. The van der Waals surface area contributed by atoms with E-state index in [-0.39, 0.29) is 35.5 Å². The third-order valence-corrected chi connectivity index (χ3v) is 15.4. The van der Waals surface area contributed by atoms with Gasteiger partial charge in [0.15, 0.2) is 11.6 Å². The fraction of sp³-hybridized carbons (Fsp3) is 0.423. The number of ether oxygens (including phenoxy) is 1. The van der Waals surface area contributed by atoms with E-state index in [0.29, 0.717) is 95.3 Å². The number of benzene rings is 3. The SMILES string of the molecule is Cc1cc(-n2nc3c(c2-n2ccn(-c4ccc5c(cnn5CCN5CCN(C)CC5)c4F)c2=O)CN(C(=O)c2cc4cc([C@H]5CCOC(C)(C)C5)ccc4n2C2(c4noc(=O)[nH]4)CC2)CC3)cc(C)c1F. The van der Waals surface area contributed by atoms with Crippen LogP contribution in [0, 0.1) is 25.5 Å². The zero-order valence-corrected chi connectivity index (χ0v) is 40.5. The number of halogens is 2. The van der Waals surface area contributed by atoms with Gasteiger partial charge < -0.3 is 19.1 Å². The van der Waals surface area contributed by atoms with Gasteiger partial charge in [0.25, 0.3) is 5.91 Å². The highest BCUT2D eigenvalue weighted by Crippen LogP contribution is 2.51. The van der Waals surface area contributed by atoms with E-state index in [0.717, 1.165) is 56.5 Å². The predicted octanol–water partition coefficient (Wildman–Crippen LogP) is 6.35. The number of carbonyl (C=O) groups excluding carboxylic acids is 1. The maximum absolute atomic E-state index is 16.7. The number of aromatic nitrogens is 9. The Bertz CT molecular complexity index is 3520. The second kappa shape index (κ2) is 16.8. The van der Waals surface area contributed by atoms with Gasteiger partial charge in [-0.25, -0.2) is 23.1 Å². The van der Waals surface area contributed by atoms with Crippen molar-refractivity contribution in [2.45, 2.75) is 89.9 Å². The lowest BCUT2D eigenvalue weighted by Gasteiger charge is -2.35. The van der Waals surface area contributed by atoms with Gasteiger partial charge in [-0.1, -0.05) is 11.2 Å². The second-order valence-corrected chi connectivity index (χ2v) is 20.7. The molecule has 1 saturated carbocycles. The lowest BCUT2D eigenvalue weighted by Crippen LogP contribution is -2.45. The minimum atomic E-state index is -0.811. The van der Waals surface area contributed by atoms with Crippen LogP contribution < -0.4 is 11.4 Å². The number of amides is 1. The number of nitrogens with one attached hydrogen (secondary N) is 1. The molecular formula is C52H56F2N12O5. The molecule has 1 N–H and O–H groups in total. The van der Waals surface area contributed by atoms with Crippen LogP contribution in [0.4, 0.5) is 8.78 Å². The number of nitrogens with zero attached hydrogens (tertiary/aromatic N) is 11. The van der Waals surface area contributed by atoms with Crippen LogP contribution in [0.2, 0.25) is 0 Å². The number of rotatable bonds is 10. The molecule has 3 fully saturated rings. The zero-order valence-electron chi connectivity index (χ0n) is 40.5. The summed E-state index contributed by atoms with van der Waals surface area (Å²) in [7, 11) is 2.12. The van der Waals surface area contributed by atoms with E-state index in [4.69, 9.17) is 14.4 Å². The molecule has 1 aliphatic carbocycles. The van der Waals surface area contributed by atoms with Crippen LogP contribution in [-0.2, 0) is 29.8 Å². The highest BCUT2D eigenvalue weighted by Gasteiger charge is 2.52. The fourth-order valence-corrected chi connectivity index (χ4v) is 11.4. The number of H-pyrrole nitrogens is 1. The zero-order chi connectivity index (χ0) is 49.1. The average Bonchev–Trinajstić information content (AvgIpc) is 3.83. The highest BCUT2D eigenvalue weighted by molar-refractivity contribution is 5.99. The van der Waals surface area contributed by atoms with E-state index < -0.39 is 22.8 Å². The first kappa shape index (κ1) is 45.2. The molecule has 12 rings (SSSR count). The lowest BCUT2D eigenvalue weighted by atomic mass is 9.83. The number of fused-ring (bicyclic) bond motifs is 3. The smallest absolute Gasteiger partial charge is 0.376 e. The van der Waals surface area contributed by atoms with Crippen molar-refractivity contribution in [1.29, 1.82) is 0 Å². The summed E-state index contributed by atoms with van der Waals surface area (Å²) in [5, 5.41) is 14.9. The molecule has 0 unspecified atom stereocenters. The van der Waals surface area contributed by atoms with Gasteiger partial charge in [-0.15, -0.1) is 0 Å². The van der Waals surface area contributed by atoms with E-state index in [1.807, 2.05) is 15.3 Å². The molecular weight excluding hydrogens is 911 g/mol. The minimum absolute atomic E-state index is 0.0593. The summed E-state index contributed by atoms with van der Waals surface area (Å²) >= 11 is 0. The van der Waals surface area contributed by atoms with Crippen LogP contribution in [0.25, 0.3) is 39.0 Å². The summed E-state index contributed by atoms with van der Waals surface area (Å²) in [6.45, 7) is 13.9. The normalized spacial score (nSPS) is 19.3. The number of aromatic amines is 1. The molecule has 4 aliphatic rings. The van der Waals surface area contributed by atoms with E-state index >= 15 is 13.6 Å². The van der Waals surface area contributed by atoms with Crippen LogP contribution >= 0.6 is 0 Å². The van der Waals surface area contributed by atoms with Crippen LogP contribution in [0.15, 0.2) is 81.2 Å². The van der Waals surface area contributed by atoms with E-state index in [9.17, 15) is 9.59 Å². The molecule has 3 aromatic carbocycles. The summed E-state index contributed by atoms with van der Waals surface area (Å²) in [6.07, 6.45) is 7.96. The average molecular weight is 967 g/mol. The van der Waals surface area contributed by atoms with Gasteiger partial charge in [0.1, 0.15) is 22.9 Å². The summed E-state index contributed by atoms with van der Waals surface area (Å²) in [6, 6.07) is 15.1. The number of piperazine rings is 1. The Kier molecular flexibility index (Phi) is 10.7. The number of hydrogen-bond donors (Lipinski definition) is 1. The third kappa shape index (κ3) is 7.67. The minimum Gasteiger partial charge on any atom is -0.376 e. The lowest BCUT2D eigenvalue weighted by molar-refractivity contribution is -0.0592. The summed E-state index contributed by atoms with van der Waals surface area (Å²) in [4.78, 5) is 51.7. The van der Waals surface area contributed by atoms with Crippen molar-refractivity contribution in [1.82, 2.24) is 58.1 Å². The van der Waals surface area contributed by atoms with E-state index in [1.165, 1.54) is 27.1 Å². The van der Waals surface area contributed by atoms with Gasteiger partial charge in [0.2, 0.25) is 0 Å². The molecule has 2 saturated heterocycles. The Balaban J connectivity index is 0.925. The number of imidazole rings is 1. The molecule has 0 bridgehead atoms. The first-order valence-electron chi connectivity index (χ1n) is 24.6. The largest absolute Gasteiger partial charge is 0.438 e. The van der Waals surface area contributed by atoms with Crippen LogP contribution in [0.3, 0.4) is 0 Å². The maximum Gasteiger partial charge on any atom is 0.438 e. The van der Waals surface area contributed by atoms with Crippen LogP contribution in [-0.4, -0.2) is 123 Å². The predicted molar refractivity (Wildman–Crippen MR) is 261 cm³/mol. The fourth-order valence-electron chi connectivity index (χ4n) is 11.4. The van der Waals surface area contributed by atoms with Gasteiger partial charge in [0.05, 0.1) is 52.9 Å². The van der Waals surface area contributed by atoms with Crippen molar-refractivity contribution in [2.75, 3.05) is 52.9 Å². The molecule has 17 nitrogen and oxygen atoms in total. The number of aryl methyl sites for hydroxylation is 2. The molecule has 1 atom stereocenters. The summed E-state index contributed by atoms with van der Waals surface area (Å²) in [5.41, 5.74) is 4.10. The van der Waals surface area contributed by atoms with Crippen molar-refractivity contribution < 1.29 is 22.8 Å². The van der Waals surface area contributed by atoms with Gasteiger partial charge in [0, 0.05) is 81.2 Å². The van der Waals surface area contributed by atoms with Gasteiger partial charge in [-0.05, 0) is 125 Å². The maximum atomic E-state index is 16.7. The Morgan fingerprint density at radius 3 is 2.39 bits per heavy atom. The first-order valence-corrected chi connectivity index (χ1v) is 24.6. The Morgan fingerprint density at radius 1 is 0.901 bits per heavy atom. The van der Waals surface area contributed by atoms with Gasteiger partial charge in [-0.2, -0.15) is 10.2 Å². The second-order valence-electron chi connectivity index (χ2n) is 20.7. The number of hydrogen-bond acceptors (Lipinski definition) is 10. The van der Waals surface area contributed by atoms with Crippen molar-refractivity contribution in [2.24, 2.45) is 0 Å². The molecule has 8 heterocycles. The molecule has 3 aliphatic heterocycles. The monoisotopic (exact) mass is 966 g/mol. The van der Waals surface area contributed by atoms with Crippen molar-refractivity contribution in [3.05, 3.63) is 139 Å². The van der Waals surface area contributed by atoms with Crippen LogP contribution in [0.5, 0.6) is 0 Å². The van der Waals surface area contributed by atoms with E-state index in [1.54, 1.807) is 53.9 Å². The molecule has 19 heteroatoms. The Morgan fingerprint density at radius 2 is 1.66 bits per heavy atom. The molecule has 5 aromatic heterocycles. The van der Waals surface area contributed by atoms with E-state index in [2.05, 4.69) is 64.1 Å². The van der Waals surface area contributed by atoms with Crippen molar-refractivity contribution in [3.63, 3.8) is 0 Å². The Labute approximate surface area is 406 Å². The topological polar surface area (TPSA) is 162 Å². The first-order chi connectivity index (χ1) is 34.2. The standard InChI is InChI=1S/C52H56F2N12O5/c1-31-24-36(25-32(2)44(31)53)66-46(63-21-20-62(50(63)69)42-9-8-41-37(45(42)54)29-55-64(41)22-19-60-17-15-59(5)16-18-60)38-30-61(14-10-39(38)57-66)47(67)43-27-35-26-33(34-11-23-70-51(3,4)28-34)6-7-40(35)65(43)52(12-13-52)48-56-49(68)71-58-48/h6-9,20-21,24-27,29,34H,10-19,22-23,28,30H2,1-5H3,(H,56,58,68)/t34-/m0/s1. The van der Waals surface area contributed by atoms with Gasteiger partial charge in [-0.3, -0.25) is 33.0 Å².